The number of hydrogen-bond donors (Lipinski definition) is 0. The fourth-order valence-electron chi connectivity index (χ4n) is 4.34. The highest BCUT2D eigenvalue weighted by atomic mass is 16.2. The zero-order valence-corrected chi connectivity index (χ0v) is 17.6. The van der Waals surface area contributed by atoms with Crippen LogP contribution < -0.4 is 0 Å². The van der Waals surface area contributed by atoms with E-state index in [4.69, 9.17) is 15.2 Å². The number of nitriles is 1. The Morgan fingerprint density at radius 3 is 1.91 bits per heavy atom. The Labute approximate surface area is 187 Å². The Balaban J connectivity index is 1.42. The second-order valence-corrected chi connectivity index (χ2v) is 8.12. The minimum atomic E-state index is -0.540. The Morgan fingerprint density at radius 1 is 0.812 bits per heavy atom. The summed E-state index contributed by atoms with van der Waals surface area (Å²) < 4.78 is 0. The van der Waals surface area contributed by atoms with Gasteiger partial charge in [-0.25, -0.2) is 0 Å². The fourth-order valence-corrected chi connectivity index (χ4v) is 4.34. The third kappa shape index (κ3) is 3.72. The molecular weight excluding hydrogens is 396 g/mol. The Bertz CT molecular complexity index is 1190. The summed E-state index contributed by atoms with van der Waals surface area (Å²) in [4.78, 5) is 25.1. The van der Waals surface area contributed by atoms with E-state index < -0.39 is 5.66 Å². The number of rotatable bonds is 3. The van der Waals surface area contributed by atoms with Gasteiger partial charge >= 0.3 is 0 Å². The van der Waals surface area contributed by atoms with Gasteiger partial charge in [0.05, 0.1) is 23.1 Å². The van der Waals surface area contributed by atoms with Crippen LogP contribution in [-0.4, -0.2) is 41.0 Å². The zero-order valence-electron chi connectivity index (χ0n) is 17.6. The molecule has 156 valence electrons. The van der Waals surface area contributed by atoms with Gasteiger partial charge in [0, 0.05) is 42.6 Å². The Morgan fingerprint density at radius 2 is 1.38 bits per heavy atom. The summed E-state index contributed by atoms with van der Waals surface area (Å²) >= 11 is 0. The van der Waals surface area contributed by atoms with Gasteiger partial charge in [-0.2, -0.15) is 5.26 Å². The molecule has 1 amide bonds. The minimum absolute atomic E-state index is 0.0468. The standard InChI is InChI=1S/C27H22N4O/c28-19-20-8-7-13-23(18-20)26(32)31-16-14-27(15-17-31)29-24(21-9-3-1-4-10-21)25(30-27)22-11-5-2-6-12-22/h1-13,18H,14-17H2. The molecule has 0 radical (unpaired) electrons. The number of likely N-dealkylation sites (tertiary alicyclic amines) is 1. The predicted molar refractivity (Wildman–Crippen MR) is 125 cm³/mol. The maximum atomic E-state index is 13.0. The van der Waals surface area contributed by atoms with Crippen LogP contribution in [0.4, 0.5) is 0 Å². The normalized spacial score (nSPS) is 16.9. The lowest BCUT2D eigenvalue weighted by Crippen LogP contribution is -2.44. The van der Waals surface area contributed by atoms with Gasteiger partial charge < -0.3 is 4.90 Å². The predicted octanol–water partition coefficient (Wildman–Crippen LogP) is 4.48. The third-order valence-corrected chi connectivity index (χ3v) is 6.05. The zero-order chi connectivity index (χ0) is 22.0. The smallest absolute Gasteiger partial charge is 0.253 e. The molecule has 1 fully saturated rings. The van der Waals surface area contributed by atoms with E-state index >= 15 is 0 Å². The molecular formula is C27H22N4O. The van der Waals surface area contributed by atoms with E-state index in [9.17, 15) is 4.79 Å². The summed E-state index contributed by atoms with van der Waals surface area (Å²) in [6, 6.07) is 29.3. The lowest BCUT2D eigenvalue weighted by molar-refractivity contribution is 0.0679. The molecule has 0 unspecified atom stereocenters. The van der Waals surface area contributed by atoms with Crippen LogP contribution in [0.1, 0.15) is 39.9 Å². The number of aliphatic imine (C=N–C) groups is 2. The van der Waals surface area contributed by atoms with E-state index in [1.807, 2.05) is 41.3 Å². The molecule has 0 aromatic heterocycles. The number of nitrogens with zero attached hydrogens (tertiary/aromatic N) is 4. The summed E-state index contributed by atoms with van der Waals surface area (Å²) in [6.07, 6.45) is 1.34. The van der Waals surface area contributed by atoms with E-state index in [1.54, 1.807) is 24.3 Å². The highest BCUT2D eigenvalue weighted by Crippen LogP contribution is 2.35. The van der Waals surface area contributed by atoms with Crippen molar-refractivity contribution in [3.05, 3.63) is 107 Å². The number of benzene rings is 3. The van der Waals surface area contributed by atoms with Gasteiger partial charge in [0.15, 0.2) is 5.66 Å². The van der Waals surface area contributed by atoms with Crippen molar-refractivity contribution in [3.8, 4) is 6.07 Å². The summed E-state index contributed by atoms with van der Waals surface area (Å²) in [5, 5.41) is 9.13. The molecule has 5 rings (SSSR count). The minimum Gasteiger partial charge on any atom is -0.338 e. The molecule has 5 heteroatoms. The Hall–Kier alpha value is -4.04. The summed E-state index contributed by atoms with van der Waals surface area (Å²) in [5.41, 5.74) is 4.44. The number of piperidine rings is 1. The van der Waals surface area contributed by atoms with Crippen LogP contribution in [0.3, 0.4) is 0 Å². The number of carbonyl (C=O) groups excluding carboxylic acids is 1. The van der Waals surface area contributed by atoms with Crippen LogP contribution in [0.5, 0.6) is 0 Å². The molecule has 3 aromatic rings. The highest BCUT2D eigenvalue weighted by molar-refractivity contribution is 6.54. The van der Waals surface area contributed by atoms with Crippen LogP contribution in [-0.2, 0) is 0 Å². The second-order valence-electron chi connectivity index (χ2n) is 8.12. The first-order valence-electron chi connectivity index (χ1n) is 10.8. The monoisotopic (exact) mass is 418 g/mol. The molecule has 2 aliphatic rings. The number of hydrogen-bond acceptors (Lipinski definition) is 4. The van der Waals surface area contributed by atoms with Crippen molar-refractivity contribution >= 4 is 17.3 Å². The summed E-state index contributed by atoms with van der Waals surface area (Å²) in [5.74, 6) is -0.0468. The number of amides is 1. The molecule has 0 saturated carbocycles. The van der Waals surface area contributed by atoms with E-state index in [0.29, 0.717) is 37.1 Å². The SMILES string of the molecule is N#Cc1cccc(C(=O)N2CCC3(CC2)N=C(c2ccccc2)C(c2ccccc2)=N3)c1. The molecule has 1 saturated heterocycles. The maximum absolute atomic E-state index is 13.0. The van der Waals surface area contributed by atoms with Gasteiger partial charge in [-0.3, -0.25) is 14.8 Å². The molecule has 0 N–H and O–H groups in total. The maximum Gasteiger partial charge on any atom is 0.253 e. The van der Waals surface area contributed by atoms with Crippen molar-refractivity contribution in [3.63, 3.8) is 0 Å². The van der Waals surface area contributed by atoms with Crippen LogP contribution in [0.2, 0.25) is 0 Å². The van der Waals surface area contributed by atoms with Gasteiger partial charge in [-0.05, 0) is 18.2 Å². The van der Waals surface area contributed by atoms with E-state index in [1.165, 1.54) is 0 Å². The van der Waals surface area contributed by atoms with Crippen molar-refractivity contribution in [1.82, 2.24) is 4.90 Å². The van der Waals surface area contributed by atoms with E-state index in [-0.39, 0.29) is 5.91 Å². The van der Waals surface area contributed by atoms with Crippen molar-refractivity contribution in [1.29, 1.82) is 5.26 Å². The molecule has 2 heterocycles. The van der Waals surface area contributed by atoms with Crippen molar-refractivity contribution in [2.75, 3.05) is 13.1 Å². The number of carbonyl (C=O) groups is 1. The molecule has 1 spiro atoms. The molecule has 2 aliphatic heterocycles. The average molecular weight is 418 g/mol. The lowest BCUT2D eigenvalue weighted by atomic mass is 9.97. The largest absolute Gasteiger partial charge is 0.338 e. The van der Waals surface area contributed by atoms with E-state index in [0.717, 1.165) is 22.6 Å². The van der Waals surface area contributed by atoms with Crippen LogP contribution in [0, 0.1) is 11.3 Å². The Kier molecular flexibility index (Phi) is 5.12. The first-order chi connectivity index (χ1) is 15.7. The third-order valence-electron chi connectivity index (χ3n) is 6.05. The summed E-state index contributed by atoms with van der Waals surface area (Å²) in [6.45, 7) is 1.15. The first kappa shape index (κ1) is 19.9. The lowest BCUT2D eigenvalue weighted by Gasteiger charge is -2.35. The summed E-state index contributed by atoms with van der Waals surface area (Å²) in [7, 11) is 0. The molecule has 5 nitrogen and oxygen atoms in total. The van der Waals surface area contributed by atoms with Gasteiger partial charge in [-0.1, -0.05) is 66.7 Å². The van der Waals surface area contributed by atoms with Gasteiger partial charge in [0.2, 0.25) is 0 Å². The van der Waals surface area contributed by atoms with Gasteiger partial charge in [0.25, 0.3) is 5.91 Å². The molecule has 3 aromatic carbocycles. The van der Waals surface area contributed by atoms with Crippen molar-refractivity contribution < 1.29 is 4.79 Å². The fraction of sp³-hybridized carbons (Fsp3) is 0.185. The second kappa shape index (κ2) is 8.24. The highest BCUT2D eigenvalue weighted by Gasteiger charge is 2.40. The topological polar surface area (TPSA) is 68.8 Å². The van der Waals surface area contributed by atoms with Gasteiger partial charge in [-0.15, -0.1) is 0 Å². The van der Waals surface area contributed by atoms with Crippen molar-refractivity contribution in [2.45, 2.75) is 18.5 Å². The van der Waals surface area contributed by atoms with E-state index in [2.05, 4.69) is 30.3 Å². The first-order valence-corrected chi connectivity index (χ1v) is 10.8. The molecule has 0 atom stereocenters. The molecule has 0 bridgehead atoms. The quantitative estimate of drug-likeness (QED) is 0.629. The van der Waals surface area contributed by atoms with Crippen LogP contribution >= 0.6 is 0 Å². The van der Waals surface area contributed by atoms with Gasteiger partial charge in [0.1, 0.15) is 0 Å². The van der Waals surface area contributed by atoms with Crippen molar-refractivity contribution in [2.24, 2.45) is 9.98 Å². The van der Waals surface area contributed by atoms with Crippen LogP contribution in [0.15, 0.2) is 94.9 Å². The molecule has 32 heavy (non-hydrogen) atoms. The molecule has 0 aliphatic carbocycles. The average Bonchev–Trinajstić information content (AvgIpc) is 3.24. The van der Waals surface area contributed by atoms with Crippen LogP contribution in [0.25, 0.3) is 0 Å².